The van der Waals surface area contributed by atoms with Gasteiger partial charge in [0.1, 0.15) is 4.90 Å². The van der Waals surface area contributed by atoms with Gasteiger partial charge in [0.15, 0.2) is 0 Å². The number of benzene rings is 1. The largest absolute Gasteiger partial charge is 0.398 e. The van der Waals surface area contributed by atoms with Crippen LogP contribution in [-0.2, 0) is 10.1 Å². The molecule has 0 fully saturated rings. The van der Waals surface area contributed by atoms with Gasteiger partial charge in [0.25, 0.3) is 10.1 Å². The van der Waals surface area contributed by atoms with Crippen LogP contribution in [0.4, 0.5) is 5.69 Å². The summed E-state index contributed by atoms with van der Waals surface area (Å²) in [6.45, 7) is 0. The quantitative estimate of drug-likeness (QED) is 0.610. The van der Waals surface area contributed by atoms with Crippen molar-refractivity contribution >= 4 is 47.7 Å². The first-order valence-corrected chi connectivity index (χ1v) is 6.07. The van der Waals surface area contributed by atoms with Gasteiger partial charge in [-0.1, -0.05) is 0 Å². The van der Waals surface area contributed by atoms with Crippen LogP contribution < -0.4 is 5.73 Å². The molecule has 1 aromatic rings. The third kappa shape index (κ3) is 2.22. The minimum absolute atomic E-state index is 0.214. The molecule has 1 aromatic carbocycles. The molecule has 0 aromatic heterocycles. The molecule has 0 amide bonds. The van der Waals surface area contributed by atoms with Crippen molar-refractivity contribution in [3.63, 3.8) is 0 Å². The first kappa shape index (κ1) is 11.0. The van der Waals surface area contributed by atoms with E-state index < -0.39 is 10.1 Å². The number of hydrogen-bond acceptors (Lipinski definition) is 3. The van der Waals surface area contributed by atoms with E-state index in [1.54, 1.807) is 0 Å². The minimum Gasteiger partial charge on any atom is -0.398 e. The lowest BCUT2D eigenvalue weighted by Crippen LogP contribution is -2.00. The fourth-order valence-corrected chi connectivity index (χ4v) is 2.77. The Hall–Kier alpha value is -0.110. The first-order chi connectivity index (χ1) is 5.84. The highest BCUT2D eigenvalue weighted by Crippen LogP contribution is 2.34. The number of nitrogens with two attached hydrogens (primary N) is 1. The van der Waals surface area contributed by atoms with E-state index in [1.165, 1.54) is 12.1 Å². The fraction of sp³-hybridized carbons (Fsp3) is 0. The molecule has 0 saturated carbocycles. The van der Waals surface area contributed by atoms with Crippen molar-refractivity contribution < 1.29 is 13.0 Å². The van der Waals surface area contributed by atoms with Gasteiger partial charge < -0.3 is 5.73 Å². The van der Waals surface area contributed by atoms with Crippen LogP contribution in [0.3, 0.4) is 0 Å². The Morgan fingerprint density at radius 3 is 2.23 bits per heavy atom. The van der Waals surface area contributed by atoms with E-state index in [1.807, 2.05) is 0 Å². The van der Waals surface area contributed by atoms with Gasteiger partial charge in [-0.25, -0.2) is 0 Å². The van der Waals surface area contributed by atoms with E-state index in [0.29, 0.717) is 10.2 Å². The van der Waals surface area contributed by atoms with Crippen LogP contribution in [0.2, 0.25) is 0 Å². The monoisotopic (exact) mass is 329 g/mol. The second-order valence-corrected chi connectivity index (χ2v) is 5.23. The SMILES string of the molecule is Nc1ccc(S(=O)(=O)O)c(Br)c1Br. The molecule has 0 aliphatic rings. The molecule has 4 nitrogen and oxygen atoms in total. The molecule has 0 radical (unpaired) electrons. The van der Waals surface area contributed by atoms with Gasteiger partial charge >= 0.3 is 0 Å². The summed E-state index contributed by atoms with van der Waals surface area (Å²) in [7, 11) is -4.21. The second-order valence-electron chi connectivity index (χ2n) is 2.26. The molecule has 0 spiro atoms. The lowest BCUT2D eigenvalue weighted by Gasteiger charge is -2.04. The van der Waals surface area contributed by atoms with Crippen LogP contribution in [0.5, 0.6) is 0 Å². The topological polar surface area (TPSA) is 80.4 Å². The van der Waals surface area contributed by atoms with Gasteiger partial charge in [0, 0.05) is 5.69 Å². The van der Waals surface area contributed by atoms with Crippen molar-refractivity contribution in [2.75, 3.05) is 5.73 Å². The van der Waals surface area contributed by atoms with Crippen LogP contribution in [0.15, 0.2) is 26.0 Å². The molecule has 7 heteroatoms. The second kappa shape index (κ2) is 3.56. The zero-order valence-corrected chi connectivity index (χ0v) is 10.1. The van der Waals surface area contributed by atoms with Crippen LogP contribution in [-0.4, -0.2) is 13.0 Å². The van der Waals surface area contributed by atoms with Crippen molar-refractivity contribution in [3.8, 4) is 0 Å². The Bertz CT molecular complexity index is 443. The lowest BCUT2D eigenvalue weighted by molar-refractivity contribution is 0.482. The maximum absolute atomic E-state index is 10.8. The molecule has 0 saturated heterocycles. The zero-order chi connectivity index (χ0) is 10.2. The Kier molecular flexibility index (Phi) is 3.01. The molecule has 0 bridgehead atoms. The van der Waals surface area contributed by atoms with Crippen LogP contribution in [0, 0.1) is 0 Å². The van der Waals surface area contributed by atoms with Gasteiger partial charge in [-0.05, 0) is 44.0 Å². The van der Waals surface area contributed by atoms with E-state index in [2.05, 4.69) is 31.9 Å². The van der Waals surface area contributed by atoms with E-state index in [0.717, 1.165) is 0 Å². The van der Waals surface area contributed by atoms with Gasteiger partial charge in [-0.15, -0.1) is 0 Å². The summed E-state index contributed by atoms with van der Waals surface area (Å²) in [5, 5.41) is 0. The van der Waals surface area contributed by atoms with Crippen molar-refractivity contribution in [2.24, 2.45) is 0 Å². The van der Waals surface area contributed by atoms with E-state index >= 15 is 0 Å². The molecular weight excluding hydrogens is 326 g/mol. The van der Waals surface area contributed by atoms with Crippen molar-refractivity contribution in [2.45, 2.75) is 4.90 Å². The summed E-state index contributed by atoms with van der Waals surface area (Å²) in [5.74, 6) is 0. The van der Waals surface area contributed by atoms with Crippen LogP contribution >= 0.6 is 31.9 Å². The first-order valence-electron chi connectivity index (χ1n) is 3.05. The van der Waals surface area contributed by atoms with Crippen LogP contribution in [0.1, 0.15) is 0 Å². The van der Waals surface area contributed by atoms with Gasteiger partial charge in [0.2, 0.25) is 0 Å². The molecule has 0 unspecified atom stereocenters. The predicted molar refractivity (Wildman–Crippen MR) is 56.1 cm³/mol. The van der Waals surface area contributed by atoms with E-state index in [-0.39, 0.29) is 9.37 Å². The minimum atomic E-state index is -4.21. The highest BCUT2D eigenvalue weighted by Gasteiger charge is 2.17. The standard InChI is InChI=1S/C6H5Br2NO3S/c7-5-3(9)1-2-4(6(5)8)13(10,11)12/h1-2H,9H2,(H,10,11,12). The number of rotatable bonds is 1. The summed E-state index contributed by atoms with van der Waals surface area (Å²) in [6, 6.07) is 2.61. The smallest absolute Gasteiger partial charge is 0.295 e. The predicted octanol–water partition coefficient (Wildman–Crippen LogP) is 2.04. The van der Waals surface area contributed by atoms with E-state index in [4.69, 9.17) is 10.3 Å². The fourth-order valence-electron chi connectivity index (χ4n) is 0.746. The summed E-state index contributed by atoms with van der Waals surface area (Å²) in [4.78, 5) is -0.214. The van der Waals surface area contributed by atoms with Crippen molar-refractivity contribution in [3.05, 3.63) is 21.1 Å². The summed E-state index contributed by atoms with van der Waals surface area (Å²) in [6.07, 6.45) is 0. The highest BCUT2D eigenvalue weighted by molar-refractivity contribution is 9.13. The maximum Gasteiger partial charge on any atom is 0.295 e. The number of halogens is 2. The molecule has 72 valence electrons. The normalized spacial score (nSPS) is 11.6. The van der Waals surface area contributed by atoms with E-state index in [9.17, 15) is 8.42 Å². The Labute approximate surface area is 92.1 Å². The average Bonchev–Trinajstić information content (AvgIpc) is 1.98. The molecule has 0 aliphatic carbocycles. The molecule has 1 rings (SSSR count). The molecule has 0 aliphatic heterocycles. The Morgan fingerprint density at radius 2 is 1.77 bits per heavy atom. The third-order valence-corrected chi connectivity index (χ3v) is 4.72. The third-order valence-electron chi connectivity index (χ3n) is 1.35. The molecule has 0 heterocycles. The maximum atomic E-state index is 10.8. The zero-order valence-electron chi connectivity index (χ0n) is 6.16. The summed E-state index contributed by atoms with van der Waals surface area (Å²) < 4.78 is 31.0. The lowest BCUT2D eigenvalue weighted by atomic mass is 10.3. The van der Waals surface area contributed by atoms with Crippen molar-refractivity contribution in [1.82, 2.24) is 0 Å². The highest BCUT2D eigenvalue weighted by atomic mass is 79.9. The van der Waals surface area contributed by atoms with Gasteiger partial charge in [0.05, 0.1) is 8.95 Å². The summed E-state index contributed by atoms with van der Waals surface area (Å²) in [5.41, 5.74) is 5.87. The number of hydrogen-bond donors (Lipinski definition) is 2. The molecule has 0 atom stereocenters. The molecule has 3 N–H and O–H groups in total. The average molecular weight is 331 g/mol. The molecule has 13 heavy (non-hydrogen) atoms. The Balaban J connectivity index is 3.53. The van der Waals surface area contributed by atoms with Crippen LogP contribution in [0.25, 0.3) is 0 Å². The van der Waals surface area contributed by atoms with Gasteiger partial charge in [-0.2, -0.15) is 8.42 Å². The van der Waals surface area contributed by atoms with Gasteiger partial charge in [-0.3, -0.25) is 4.55 Å². The number of nitrogen functional groups attached to an aromatic ring is 1. The van der Waals surface area contributed by atoms with Crippen molar-refractivity contribution in [1.29, 1.82) is 0 Å². The Morgan fingerprint density at radius 1 is 1.23 bits per heavy atom. The molecular formula is C6H5Br2NO3S. The number of anilines is 1. The summed E-state index contributed by atoms with van der Waals surface area (Å²) >= 11 is 6.08.